The molecule has 0 aromatic heterocycles. The van der Waals surface area contributed by atoms with Crippen LogP contribution in [-0.2, 0) is 4.79 Å². The average molecular weight is 260 g/mol. The Labute approximate surface area is 112 Å². The quantitative estimate of drug-likeness (QED) is 0.744. The molecule has 0 bridgehead atoms. The zero-order valence-corrected chi connectivity index (χ0v) is 10.9. The molecular formula is C14H16N2O3. The third-order valence-corrected chi connectivity index (χ3v) is 2.52. The Balaban J connectivity index is 3.04. The maximum Gasteiger partial charge on any atom is 0.254 e. The van der Waals surface area contributed by atoms with Crippen molar-refractivity contribution in [1.82, 2.24) is 4.90 Å². The van der Waals surface area contributed by atoms with Crippen LogP contribution in [0.1, 0.15) is 21.5 Å². The Morgan fingerprint density at radius 3 is 2.68 bits per heavy atom. The fraction of sp³-hybridized carbons (Fsp3) is 0.286. The molecule has 0 saturated carbocycles. The van der Waals surface area contributed by atoms with Gasteiger partial charge in [0.2, 0.25) is 5.91 Å². The van der Waals surface area contributed by atoms with Gasteiger partial charge in [-0.05, 0) is 24.6 Å². The lowest BCUT2D eigenvalue weighted by Gasteiger charge is -2.16. The number of carbonyl (C=O) groups is 2. The van der Waals surface area contributed by atoms with Crippen molar-refractivity contribution in [2.24, 2.45) is 5.73 Å². The van der Waals surface area contributed by atoms with Crippen molar-refractivity contribution in [2.45, 2.75) is 6.92 Å². The van der Waals surface area contributed by atoms with Crippen LogP contribution in [-0.4, -0.2) is 42.0 Å². The van der Waals surface area contributed by atoms with Crippen molar-refractivity contribution in [1.29, 1.82) is 0 Å². The number of amides is 2. The van der Waals surface area contributed by atoms with Gasteiger partial charge >= 0.3 is 0 Å². The van der Waals surface area contributed by atoms with Crippen molar-refractivity contribution in [3.8, 4) is 11.8 Å². The summed E-state index contributed by atoms with van der Waals surface area (Å²) in [6.45, 7) is 1.43. The summed E-state index contributed by atoms with van der Waals surface area (Å²) in [6.07, 6.45) is 0. The molecule has 100 valence electrons. The number of hydrogen-bond donors (Lipinski definition) is 2. The van der Waals surface area contributed by atoms with Gasteiger partial charge in [0.25, 0.3) is 5.91 Å². The van der Waals surface area contributed by atoms with E-state index in [0.717, 1.165) is 5.56 Å². The smallest absolute Gasteiger partial charge is 0.254 e. The second kappa shape index (κ2) is 6.57. The second-order valence-corrected chi connectivity index (χ2v) is 4.12. The summed E-state index contributed by atoms with van der Waals surface area (Å²) in [5, 5.41) is 8.65. The van der Waals surface area contributed by atoms with Crippen molar-refractivity contribution in [3.63, 3.8) is 0 Å². The van der Waals surface area contributed by atoms with Crippen molar-refractivity contribution < 1.29 is 14.7 Å². The van der Waals surface area contributed by atoms with Gasteiger partial charge in [0, 0.05) is 18.2 Å². The first kappa shape index (κ1) is 14.7. The topological polar surface area (TPSA) is 83.6 Å². The first-order valence-corrected chi connectivity index (χ1v) is 5.70. The van der Waals surface area contributed by atoms with E-state index < -0.39 is 5.91 Å². The Hall–Kier alpha value is -2.32. The summed E-state index contributed by atoms with van der Waals surface area (Å²) >= 11 is 0. The van der Waals surface area contributed by atoms with E-state index in [2.05, 4.69) is 11.8 Å². The lowest BCUT2D eigenvalue weighted by molar-refractivity contribution is -0.118. The Bertz CT molecular complexity index is 556. The molecule has 0 heterocycles. The average Bonchev–Trinajstić information content (AvgIpc) is 2.36. The van der Waals surface area contributed by atoms with Gasteiger partial charge in [0.15, 0.2) is 0 Å². The van der Waals surface area contributed by atoms with E-state index in [-0.39, 0.29) is 19.1 Å². The van der Waals surface area contributed by atoms with Crippen LogP contribution in [0.5, 0.6) is 0 Å². The molecular weight excluding hydrogens is 244 g/mol. The molecule has 19 heavy (non-hydrogen) atoms. The summed E-state index contributed by atoms with van der Waals surface area (Å²) < 4.78 is 0. The van der Waals surface area contributed by atoms with Crippen LogP contribution in [0.25, 0.3) is 0 Å². The molecule has 0 unspecified atom stereocenters. The minimum absolute atomic E-state index is 0.134. The molecule has 0 radical (unpaired) electrons. The van der Waals surface area contributed by atoms with E-state index >= 15 is 0 Å². The molecule has 5 nitrogen and oxygen atoms in total. The maximum atomic E-state index is 12.1. The third-order valence-electron chi connectivity index (χ3n) is 2.52. The van der Waals surface area contributed by atoms with E-state index in [1.165, 1.54) is 11.9 Å². The van der Waals surface area contributed by atoms with Crippen LogP contribution in [0.3, 0.4) is 0 Å². The fourth-order valence-electron chi connectivity index (χ4n) is 1.58. The maximum absolute atomic E-state index is 12.1. The van der Waals surface area contributed by atoms with Crippen molar-refractivity contribution in [2.75, 3.05) is 20.2 Å². The summed E-state index contributed by atoms with van der Waals surface area (Å²) in [7, 11) is 1.51. The van der Waals surface area contributed by atoms with E-state index in [9.17, 15) is 9.59 Å². The van der Waals surface area contributed by atoms with Crippen LogP contribution in [0.4, 0.5) is 0 Å². The SMILES string of the molecule is Cc1ccc(C#CCO)cc1C(=O)N(C)CC(N)=O. The molecule has 0 fully saturated rings. The normalized spacial score (nSPS) is 9.42. The van der Waals surface area contributed by atoms with Crippen LogP contribution in [0.15, 0.2) is 18.2 Å². The van der Waals surface area contributed by atoms with E-state index in [0.29, 0.717) is 11.1 Å². The second-order valence-electron chi connectivity index (χ2n) is 4.12. The largest absolute Gasteiger partial charge is 0.384 e. The minimum Gasteiger partial charge on any atom is -0.384 e. The Morgan fingerprint density at radius 1 is 1.42 bits per heavy atom. The molecule has 2 amide bonds. The number of benzene rings is 1. The summed E-state index contributed by atoms with van der Waals surface area (Å²) in [6, 6.07) is 5.17. The third kappa shape index (κ3) is 4.12. The lowest BCUT2D eigenvalue weighted by atomic mass is 10.0. The highest BCUT2D eigenvalue weighted by Crippen LogP contribution is 2.12. The van der Waals surface area contributed by atoms with Crippen LogP contribution >= 0.6 is 0 Å². The molecule has 0 aliphatic carbocycles. The number of aliphatic hydroxyl groups is 1. The summed E-state index contributed by atoms with van der Waals surface area (Å²) in [5.41, 5.74) is 6.95. The minimum atomic E-state index is -0.565. The van der Waals surface area contributed by atoms with Crippen LogP contribution in [0.2, 0.25) is 0 Å². The number of carbonyl (C=O) groups excluding carboxylic acids is 2. The van der Waals surface area contributed by atoms with Gasteiger partial charge in [0.1, 0.15) is 6.61 Å². The number of primary amides is 1. The Morgan fingerprint density at radius 2 is 2.11 bits per heavy atom. The predicted octanol–water partition coefficient (Wildman–Crippen LogP) is -0.104. The van der Waals surface area contributed by atoms with Gasteiger partial charge in [-0.2, -0.15) is 0 Å². The number of rotatable bonds is 3. The summed E-state index contributed by atoms with van der Waals surface area (Å²) in [5.74, 6) is 4.40. The lowest BCUT2D eigenvalue weighted by Crippen LogP contribution is -2.35. The first-order valence-electron chi connectivity index (χ1n) is 5.70. The first-order chi connectivity index (χ1) is 8.95. The predicted molar refractivity (Wildman–Crippen MR) is 71.3 cm³/mol. The zero-order valence-electron chi connectivity index (χ0n) is 10.9. The van der Waals surface area contributed by atoms with Gasteiger partial charge in [0.05, 0.1) is 6.54 Å². The number of aliphatic hydroxyl groups excluding tert-OH is 1. The highest BCUT2D eigenvalue weighted by atomic mass is 16.2. The molecule has 5 heteroatoms. The van der Waals surface area contributed by atoms with Gasteiger partial charge < -0.3 is 15.7 Å². The number of nitrogens with two attached hydrogens (primary N) is 1. The number of aryl methyl sites for hydroxylation is 1. The zero-order chi connectivity index (χ0) is 14.4. The highest BCUT2D eigenvalue weighted by molar-refractivity contribution is 5.97. The van der Waals surface area contributed by atoms with Gasteiger partial charge in [-0.1, -0.05) is 17.9 Å². The molecule has 1 rings (SSSR count). The number of likely N-dealkylation sites (N-methyl/N-ethyl adjacent to an activating group) is 1. The molecule has 1 aromatic carbocycles. The fourth-order valence-corrected chi connectivity index (χ4v) is 1.58. The van der Waals surface area contributed by atoms with Crippen LogP contribution in [0, 0.1) is 18.8 Å². The molecule has 0 aliphatic heterocycles. The van der Waals surface area contributed by atoms with Crippen LogP contribution < -0.4 is 5.73 Å². The monoisotopic (exact) mass is 260 g/mol. The van der Waals surface area contributed by atoms with Crippen molar-refractivity contribution >= 4 is 11.8 Å². The highest BCUT2D eigenvalue weighted by Gasteiger charge is 2.15. The van der Waals surface area contributed by atoms with E-state index in [1.807, 2.05) is 0 Å². The number of nitrogens with zero attached hydrogens (tertiary/aromatic N) is 1. The Kier molecular flexibility index (Phi) is 5.10. The molecule has 0 saturated heterocycles. The van der Waals surface area contributed by atoms with Crippen molar-refractivity contribution in [3.05, 3.63) is 34.9 Å². The van der Waals surface area contributed by atoms with E-state index in [1.54, 1.807) is 25.1 Å². The van der Waals surface area contributed by atoms with Gasteiger partial charge in [-0.3, -0.25) is 9.59 Å². The molecule has 0 spiro atoms. The van der Waals surface area contributed by atoms with E-state index in [4.69, 9.17) is 10.8 Å². The van der Waals surface area contributed by atoms with Gasteiger partial charge in [-0.15, -0.1) is 0 Å². The molecule has 0 aliphatic rings. The summed E-state index contributed by atoms with van der Waals surface area (Å²) in [4.78, 5) is 24.2. The molecule has 3 N–H and O–H groups in total. The molecule has 0 atom stereocenters. The molecule has 1 aromatic rings. The number of hydrogen-bond acceptors (Lipinski definition) is 3. The standard InChI is InChI=1S/C14H16N2O3/c1-10-5-6-11(4-3-7-17)8-12(10)14(19)16(2)9-13(15)18/h5-6,8,17H,7,9H2,1-2H3,(H2,15,18). The van der Waals surface area contributed by atoms with Gasteiger partial charge in [-0.25, -0.2) is 0 Å².